The number of nitrogens with zero attached hydrogens (tertiary/aromatic N) is 2. The Morgan fingerprint density at radius 3 is 2.08 bits per heavy atom. The van der Waals surface area contributed by atoms with Crippen molar-refractivity contribution in [2.24, 2.45) is 0 Å². The molecule has 0 fully saturated rings. The Morgan fingerprint density at radius 2 is 1.75 bits per heavy atom. The first kappa shape index (κ1) is 14.5. The van der Waals surface area contributed by atoms with Crippen LogP contribution in [0.1, 0.15) is 0 Å². The van der Waals surface area contributed by atoms with Crippen LogP contribution in [0.3, 0.4) is 0 Å². The summed E-state index contributed by atoms with van der Waals surface area (Å²) in [5, 5.41) is 8.39. The first-order chi connectivity index (χ1) is 5.02. The van der Waals surface area contributed by atoms with Crippen LogP contribution in [0, 0.1) is 0 Å². The van der Waals surface area contributed by atoms with Gasteiger partial charge in [0.15, 0.2) is 0 Å². The van der Waals surface area contributed by atoms with Gasteiger partial charge in [0.25, 0.3) is 0 Å². The van der Waals surface area contributed by atoms with Gasteiger partial charge in [-0.05, 0) is 21.1 Å². The van der Waals surface area contributed by atoms with Crippen LogP contribution < -0.4 is 0 Å². The molecule has 0 unspecified atom stereocenters. The van der Waals surface area contributed by atoms with E-state index in [0.29, 0.717) is 0 Å². The summed E-state index contributed by atoms with van der Waals surface area (Å²) in [7, 11) is 5.74. The van der Waals surface area contributed by atoms with Gasteiger partial charge in [0.2, 0.25) is 0 Å². The van der Waals surface area contributed by atoms with E-state index < -0.39 is 5.97 Å². The fourth-order valence-corrected chi connectivity index (χ4v) is 0.681. The zero-order valence-corrected chi connectivity index (χ0v) is 7.37. The molecule has 0 amide bonds. The number of carboxylic acid groups (broad SMARTS) is 1. The maximum absolute atomic E-state index is 10.2. The van der Waals surface area contributed by atoms with Gasteiger partial charge in [0, 0.05) is 13.1 Å². The van der Waals surface area contributed by atoms with Crippen molar-refractivity contribution in [2.75, 3.05) is 40.8 Å². The Hall–Kier alpha value is -0.0126. The average molecular weight is 168 g/mol. The van der Waals surface area contributed by atoms with Crippen molar-refractivity contribution < 1.29 is 9.90 Å². The van der Waals surface area contributed by atoms with Gasteiger partial charge >= 0.3 is 24.8 Å². The van der Waals surface area contributed by atoms with E-state index >= 15 is 0 Å². The first-order valence-corrected chi connectivity index (χ1v) is 3.57. The molecule has 1 N–H and O–H groups in total. The van der Waals surface area contributed by atoms with Crippen LogP contribution in [0.2, 0.25) is 0 Å². The monoisotopic (exact) mass is 168 g/mol. The SMILES string of the molecule is CN(C)CCN(C)CC(=O)O.[LiH]. The molecule has 0 saturated carbocycles. The Balaban J connectivity index is 0. The summed E-state index contributed by atoms with van der Waals surface area (Å²) in [6, 6.07) is 0. The molecule has 5 heteroatoms. The van der Waals surface area contributed by atoms with Crippen LogP contribution >= 0.6 is 0 Å². The number of hydrogen-bond acceptors (Lipinski definition) is 3. The molecule has 0 bridgehead atoms. The molecule has 0 heterocycles. The molecular formula is C7H17LiN2O2. The van der Waals surface area contributed by atoms with Crippen molar-refractivity contribution in [3.63, 3.8) is 0 Å². The molecule has 0 aromatic carbocycles. The van der Waals surface area contributed by atoms with Crippen LogP contribution in [0.25, 0.3) is 0 Å². The number of rotatable bonds is 5. The fourth-order valence-electron chi connectivity index (χ4n) is 0.681. The standard InChI is InChI=1S/C7H16N2O2.Li.H/c1-8(2)4-5-9(3)6-7(10)11;;/h4-6H2,1-3H3,(H,10,11);;. The topological polar surface area (TPSA) is 43.8 Å². The average Bonchev–Trinajstić information content (AvgIpc) is 1.82. The van der Waals surface area contributed by atoms with Crippen LogP contribution in [-0.4, -0.2) is 80.5 Å². The summed E-state index contributed by atoms with van der Waals surface area (Å²) < 4.78 is 0. The predicted octanol–water partition coefficient (Wildman–Crippen LogP) is -1.08. The van der Waals surface area contributed by atoms with Crippen molar-refractivity contribution in [1.82, 2.24) is 9.80 Å². The second kappa shape index (κ2) is 7.63. The van der Waals surface area contributed by atoms with Gasteiger partial charge in [-0.15, -0.1) is 0 Å². The molecule has 4 nitrogen and oxygen atoms in total. The summed E-state index contributed by atoms with van der Waals surface area (Å²) >= 11 is 0. The molecule has 0 atom stereocenters. The van der Waals surface area contributed by atoms with Gasteiger partial charge in [0.05, 0.1) is 6.54 Å². The van der Waals surface area contributed by atoms with Crippen molar-refractivity contribution in [3.05, 3.63) is 0 Å². The molecule has 0 spiro atoms. The van der Waals surface area contributed by atoms with E-state index in [2.05, 4.69) is 0 Å². The number of carbonyl (C=O) groups is 1. The molecule has 0 aromatic rings. The summed E-state index contributed by atoms with van der Waals surface area (Å²) in [6.07, 6.45) is 0. The van der Waals surface area contributed by atoms with Gasteiger partial charge in [-0.1, -0.05) is 0 Å². The van der Waals surface area contributed by atoms with Gasteiger partial charge in [-0.2, -0.15) is 0 Å². The number of hydrogen-bond donors (Lipinski definition) is 1. The van der Waals surface area contributed by atoms with E-state index in [0.717, 1.165) is 13.1 Å². The summed E-state index contributed by atoms with van der Waals surface area (Å²) in [5.41, 5.74) is 0. The zero-order valence-electron chi connectivity index (χ0n) is 7.37. The van der Waals surface area contributed by atoms with Crippen LogP contribution in [-0.2, 0) is 4.79 Å². The predicted molar refractivity (Wildman–Crippen MR) is 50.8 cm³/mol. The molecule has 0 saturated heterocycles. The minimum absolute atomic E-state index is 0. The van der Waals surface area contributed by atoms with Crippen molar-refractivity contribution >= 4 is 24.8 Å². The third-order valence-electron chi connectivity index (χ3n) is 1.33. The molecule has 68 valence electrons. The Morgan fingerprint density at radius 1 is 1.25 bits per heavy atom. The van der Waals surface area contributed by atoms with Crippen LogP contribution in [0.5, 0.6) is 0 Å². The van der Waals surface area contributed by atoms with Crippen molar-refractivity contribution in [1.29, 1.82) is 0 Å². The third kappa shape index (κ3) is 9.99. The Bertz CT molecular complexity index is 131. The number of likely N-dealkylation sites (N-methyl/N-ethyl adjacent to an activating group) is 2. The van der Waals surface area contributed by atoms with E-state index in [4.69, 9.17) is 5.11 Å². The molecule has 0 aromatic heterocycles. The van der Waals surface area contributed by atoms with Crippen molar-refractivity contribution in [2.45, 2.75) is 0 Å². The Kier molecular flexibility index (Phi) is 9.22. The number of carboxylic acids is 1. The number of aliphatic carboxylic acids is 1. The quantitative estimate of drug-likeness (QED) is 0.530. The fraction of sp³-hybridized carbons (Fsp3) is 0.857. The zero-order chi connectivity index (χ0) is 8.85. The summed E-state index contributed by atoms with van der Waals surface area (Å²) in [6.45, 7) is 1.80. The molecule has 12 heavy (non-hydrogen) atoms. The van der Waals surface area contributed by atoms with E-state index in [1.807, 2.05) is 19.0 Å². The second-order valence-electron chi connectivity index (χ2n) is 2.93. The van der Waals surface area contributed by atoms with E-state index in [1.54, 1.807) is 11.9 Å². The summed E-state index contributed by atoms with van der Waals surface area (Å²) in [5.74, 6) is -0.772. The third-order valence-corrected chi connectivity index (χ3v) is 1.33. The van der Waals surface area contributed by atoms with Gasteiger partial charge in [-0.25, -0.2) is 0 Å². The molecule has 0 aliphatic heterocycles. The molecule has 0 aliphatic rings. The van der Waals surface area contributed by atoms with Gasteiger partial charge in [0.1, 0.15) is 0 Å². The molecule has 0 aliphatic carbocycles. The van der Waals surface area contributed by atoms with E-state index in [-0.39, 0.29) is 25.4 Å². The van der Waals surface area contributed by atoms with E-state index in [1.165, 1.54) is 0 Å². The minimum atomic E-state index is -0.772. The normalized spacial score (nSPS) is 10.1. The van der Waals surface area contributed by atoms with Crippen molar-refractivity contribution in [3.8, 4) is 0 Å². The first-order valence-electron chi connectivity index (χ1n) is 3.57. The second-order valence-corrected chi connectivity index (χ2v) is 2.93. The molecule has 0 radical (unpaired) electrons. The van der Waals surface area contributed by atoms with Gasteiger partial charge in [-0.3, -0.25) is 9.69 Å². The van der Waals surface area contributed by atoms with Crippen LogP contribution in [0.15, 0.2) is 0 Å². The molecule has 0 rings (SSSR count). The van der Waals surface area contributed by atoms with Gasteiger partial charge < -0.3 is 10.0 Å². The maximum atomic E-state index is 10.2. The van der Waals surface area contributed by atoms with E-state index in [9.17, 15) is 4.79 Å². The Labute approximate surface area is 85.7 Å². The van der Waals surface area contributed by atoms with Crippen LogP contribution in [0.4, 0.5) is 0 Å². The summed E-state index contributed by atoms with van der Waals surface area (Å²) in [4.78, 5) is 14.0. The molecular weight excluding hydrogens is 151 g/mol.